The number of amides is 17. The van der Waals surface area contributed by atoms with Gasteiger partial charge in [0.2, 0.25) is 95.0 Å². The van der Waals surface area contributed by atoms with Crippen molar-refractivity contribution in [3.05, 3.63) is 71.9 Å². The number of aromatic amines is 1. The second-order valence-corrected chi connectivity index (χ2v) is 31.9. The number of benzene rings is 2. The highest BCUT2D eigenvalue weighted by Crippen LogP contribution is 2.25. The predicted molar refractivity (Wildman–Crippen MR) is 424 cm³/mol. The molecular weight excluding hydrogens is 1570 g/mol. The Balaban J connectivity index is 1.59. The van der Waals surface area contributed by atoms with E-state index >= 15 is 28.8 Å². The Labute approximate surface area is 681 Å². The van der Waals surface area contributed by atoms with Gasteiger partial charge >= 0.3 is 0 Å². The van der Waals surface area contributed by atoms with Gasteiger partial charge in [0, 0.05) is 63.5 Å². The predicted octanol–water partition coefficient (Wildman–Crippen LogP) is -6.33. The molecule has 5 rings (SSSR count). The third kappa shape index (κ3) is 28.3. The molecule has 0 radical (unpaired) electrons. The average Bonchev–Trinajstić information content (AvgIpc) is 1.13. The number of aliphatic imine (C=N–C) groups is 1. The number of aliphatic hydroxyl groups excluding tert-OH is 2. The van der Waals surface area contributed by atoms with E-state index in [1.165, 1.54) is 18.0 Å². The maximum Gasteiger partial charge on any atom is 0.267 e. The van der Waals surface area contributed by atoms with E-state index in [2.05, 4.69) is 63.1 Å². The van der Waals surface area contributed by atoms with Gasteiger partial charge in [-0.3, -0.25) is 96.0 Å². The number of nitrogens with zero attached hydrogens (tertiary/aromatic N) is 5. The number of likely N-dealkylation sites (N-methyl/N-ethyl adjacent to an activating group) is 2. The SMILES string of the molecule is CC(C)CC1NC(=O)C(CCC(N)=O)N(C)C(=O)C(C(C)O)N(C(=O)C(CS(=O)(=O)O)NC(=O)C(CCCN=C(N)N)NC(=O)C(Cc2c[nH]c3ccccc23)NC(=O)C(NC(=O)C(NC(=O)C2CCCN2C(=O)C(Cc2ccccc2)NC(=O)C(C)NC=O)C(C)C)C(C)C)C(=O)CN(C)C(=O)C(C(C)O)NC(=O)C(CC(N)=O)NC1=O. The van der Waals surface area contributed by atoms with Gasteiger partial charge in [-0.15, -0.1) is 0 Å². The maximum atomic E-state index is 15.7. The third-order valence-electron chi connectivity index (χ3n) is 19.7. The van der Waals surface area contributed by atoms with Crippen molar-refractivity contribution in [2.45, 2.75) is 217 Å². The smallest absolute Gasteiger partial charge is 0.267 e. The van der Waals surface area contributed by atoms with Crippen molar-refractivity contribution in [2.24, 2.45) is 45.7 Å². The lowest BCUT2D eigenvalue weighted by Gasteiger charge is -2.38. The lowest BCUT2D eigenvalue weighted by molar-refractivity contribution is -0.163. The van der Waals surface area contributed by atoms with Crippen LogP contribution in [0.15, 0.2) is 65.8 Å². The topological polar surface area (TPSA) is 651 Å². The number of rotatable bonds is 37. The average molecular weight is 1680 g/mol. The first-order valence-electron chi connectivity index (χ1n) is 38.4. The molecule has 0 aliphatic carbocycles. The van der Waals surface area contributed by atoms with Crippen molar-refractivity contribution in [1.82, 2.24) is 77.8 Å². The Morgan fingerprint density at radius 1 is 0.644 bits per heavy atom. The molecule has 650 valence electrons. The number of nitrogens with two attached hydrogens (primary N) is 4. The van der Waals surface area contributed by atoms with Crippen molar-refractivity contribution in [3.8, 4) is 0 Å². The summed E-state index contributed by atoms with van der Waals surface area (Å²) in [5, 5.41) is 47.9. The summed E-state index contributed by atoms with van der Waals surface area (Å²) in [6, 6.07) is -7.79. The Bertz CT molecular complexity index is 4290. The van der Waals surface area contributed by atoms with Gasteiger partial charge in [0.05, 0.1) is 25.2 Å². The van der Waals surface area contributed by atoms with Gasteiger partial charge in [-0.1, -0.05) is 90.1 Å². The van der Waals surface area contributed by atoms with E-state index in [0.29, 0.717) is 44.7 Å². The second-order valence-electron chi connectivity index (χ2n) is 30.5. The van der Waals surface area contributed by atoms with Crippen LogP contribution in [0.1, 0.15) is 125 Å². The first-order chi connectivity index (χ1) is 55.3. The van der Waals surface area contributed by atoms with E-state index in [1.54, 1.807) is 96.1 Å². The summed E-state index contributed by atoms with van der Waals surface area (Å²) in [6.07, 6.45) is -5.66. The van der Waals surface area contributed by atoms with Crippen LogP contribution in [-0.2, 0) is 104 Å². The number of aliphatic hydroxyl groups is 2. The van der Waals surface area contributed by atoms with E-state index in [-0.39, 0.29) is 43.7 Å². The number of aromatic nitrogens is 1. The number of para-hydroxylation sites is 1. The number of carbonyl (C=O) groups is 17. The van der Waals surface area contributed by atoms with E-state index in [4.69, 9.17) is 22.9 Å². The summed E-state index contributed by atoms with van der Waals surface area (Å²) in [6.45, 7) is 11.1. The molecule has 15 unspecified atom stereocenters. The molecule has 0 saturated carbocycles. The zero-order valence-electron chi connectivity index (χ0n) is 67.7. The summed E-state index contributed by atoms with van der Waals surface area (Å²) in [5.41, 5.74) is 23.8. The molecule has 1 aromatic heterocycles. The molecular formula is C75H112N20O22S. The molecule has 17 amide bonds. The fourth-order valence-corrected chi connectivity index (χ4v) is 14.1. The van der Waals surface area contributed by atoms with Crippen LogP contribution in [0.5, 0.6) is 0 Å². The van der Waals surface area contributed by atoms with Crippen molar-refractivity contribution in [2.75, 3.05) is 39.5 Å². The standard InChI is InChI=1S/C75H112N20O22S/c1-37(2)29-48-64(104)84-50(32-56(77)100)66(106)91-60(41(8)97)73(113)92(10)34-57(101)95(61(42(9)98)74(114)93(11)53(67(107)85-48)25-26-55(76)99)72(112)52(35-118(115,116)117)88-63(103)47(23-17-27-80-75(78)79)83-65(105)49(31-44-33-81-46-22-16-15-21-45(44)46)86-69(109)58(38(3)4)90-70(110)59(39(5)6)89-68(108)54-24-18-28-94(54)71(111)51(30-43-19-13-12-14-20-43)87-62(102)40(7)82-36-96/h12-16,19-22,33,36-42,47-54,58-61,81,97-98H,17-18,23-32,34-35H2,1-11H3,(H2,76,99)(H2,77,100)(H,82,96)(H,83,105)(H,84,104)(H,85,107)(H,86,109)(H,87,102)(H,88,103)(H,89,108)(H,90,110)(H,91,106)(H4,78,79,80)(H,115,116,117). The Morgan fingerprint density at radius 3 is 1.81 bits per heavy atom. The Kier molecular flexibility index (Phi) is 36.6. The summed E-state index contributed by atoms with van der Waals surface area (Å²) in [5.74, 6) is -23.6. The molecule has 43 heteroatoms. The number of guanidine groups is 1. The monoisotopic (exact) mass is 1680 g/mol. The van der Waals surface area contributed by atoms with E-state index in [0.717, 1.165) is 27.9 Å². The van der Waals surface area contributed by atoms with Gasteiger partial charge in [-0.05, 0) is 94.2 Å². The van der Waals surface area contributed by atoms with Crippen LogP contribution < -0.4 is 76.1 Å². The molecule has 2 fully saturated rings. The highest BCUT2D eigenvalue weighted by molar-refractivity contribution is 7.85. The normalized spacial score (nSPS) is 20.4. The minimum absolute atomic E-state index is 0.00265. The number of likely N-dealkylation sites (tertiary alicyclic amines) is 1. The summed E-state index contributed by atoms with van der Waals surface area (Å²) in [4.78, 5) is 251. The van der Waals surface area contributed by atoms with Crippen molar-refractivity contribution < 1.29 is 105 Å². The van der Waals surface area contributed by atoms with Crippen LogP contribution in [0.4, 0.5) is 0 Å². The van der Waals surface area contributed by atoms with Crippen LogP contribution in [-0.4, -0.2) is 285 Å². The first kappa shape index (κ1) is 96.9. The number of primary amides is 2. The zero-order valence-corrected chi connectivity index (χ0v) is 68.5. The molecule has 2 aliphatic rings. The fourth-order valence-electron chi connectivity index (χ4n) is 13.4. The lowest BCUT2D eigenvalue weighted by atomic mass is 9.98. The molecule has 2 aliphatic heterocycles. The molecule has 118 heavy (non-hydrogen) atoms. The molecule has 15 atom stereocenters. The number of H-pyrrole nitrogens is 1. The van der Waals surface area contributed by atoms with Crippen LogP contribution in [0, 0.1) is 17.8 Å². The number of hydrogen-bond acceptors (Lipinski definition) is 22. The first-order valence-corrected chi connectivity index (χ1v) is 40.0. The Hall–Kier alpha value is -11.7. The number of imide groups is 1. The van der Waals surface area contributed by atoms with Crippen LogP contribution >= 0.6 is 0 Å². The number of hydrogen-bond donors (Lipinski definition) is 18. The molecule has 0 bridgehead atoms. The molecule has 22 N–H and O–H groups in total. The molecule has 2 aromatic carbocycles. The number of fused-ring (bicyclic) bond motifs is 1. The number of nitrogens with one attached hydrogen (secondary N) is 11. The lowest BCUT2D eigenvalue weighted by Crippen LogP contribution is -2.66. The molecule has 42 nitrogen and oxygen atoms in total. The second kappa shape index (κ2) is 44.6. The van der Waals surface area contributed by atoms with Gasteiger partial charge in [0.25, 0.3) is 16.0 Å². The van der Waals surface area contributed by atoms with Crippen LogP contribution in [0.3, 0.4) is 0 Å². The molecule has 3 aromatic rings. The summed E-state index contributed by atoms with van der Waals surface area (Å²) < 4.78 is 37.1. The quantitative estimate of drug-likeness (QED) is 0.00839. The third-order valence-corrected chi connectivity index (χ3v) is 20.4. The van der Waals surface area contributed by atoms with Gasteiger partial charge in [0.1, 0.15) is 84.3 Å². The molecule has 3 heterocycles. The van der Waals surface area contributed by atoms with Gasteiger partial charge in [-0.25, -0.2) is 0 Å². The highest BCUT2D eigenvalue weighted by atomic mass is 32.2. The fraction of sp³-hybridized carbons (Fsp3) is 0.573. The van der Waals surface area contributed by atoms with E-state index < -0.39 is 263 Å². The summed E-state index contributed by atoms with van der Waals surface area (Å²) >= 11 is 0. The summed E-state index contributed by atoms with van der Waals surface area (Å²) in [7, 11) is -3.85. The minimum atomic E-state index is -5.61. The number of carbonyl (C=O) groups excluding carboxylic acids is 17. The minimum Gasteiger partial charge on any atom is -0.391 e. The molecule has 0 spiro atoms. The van der Waals surface area contributed by atoms with E-state index in [1.807, 2.05) is 0 Å². The zero-order chi connectivity index (χ0) is 88.5. The van der Waals surface area contributed by atoms with Crippen molar-refractivity contribution >= 4 is 128 Å². The van der Waals surface area contributed by atoms with Crippen molar-refractivity contribution in [3.63, 3.8) is 0 Å². The van der Waals surface area contributed by atoms with Crippen LogP contribution in [0.25, 0.3) is 10.9 Å². The largest absolute Gasteiger partial charge is 0.391 e. The maximum absolute atomic E-state index is 15.7. The van der Waals surface area contributed by atoms with Gasteiger partial charge in [-0.2, -0.15) is 8.42 Å². The Morgan fingerprint density at radius 2 is 1.22 bits per heavy atom. The van der Waals surface area contributed by atoms with Gasteiger partial charge in [0.15, 0.2) is 5.96 Å². The highest BCUT2D eigenvalue weighted by Gasteiger charge is 2.48. The van der Waals surface area contributed by atoms with Crippen LogP contribution in [0.2, 0.25) is 0 Å². The molecule has 2 saturated heterocycles. The van der Waals surface area contributed by atoms with Crippen molar-refractivity contribution in [1.29, 1.82) is 0 Å². The van der Waals surface area contributed by atoms with Gasteiger partial charge < -0.3 is 106 Å². The van der Waals surface area contributed by atoms with E-state index in [9.17, 15) is 75.9 Å².